The van der Waals surface area contributed by atoms with Gasteiger partial charge in [-0.25, -0.2) is 0 Å². The quantitative estimate of drug-likeness (QED) is 0.510. The molecule has 3 saturated carbocycles. The van der Waals surface area contributed by atoms with Gasteiger partial charge in [-0.3, -0.25) is 4.79 Å². The van der Waals surface area contributed by atoms with E-state index >= 15 is 0 Å². The van der Waals surface area contributed by atoms with Crippen LogP contribution < -0.4 is 0 Å². The summed E-state index contributed by atoms with van der Waals surface area (Å²) in [5, 5.41) is 10.4. The lowest BCUT2D eigenvalue weighted by atomic mass is 9.45. The highest BCUT2D eigenvalue weighted by Gasteiger charge is 2.62. The van der Waals surface area contributed by atoms with E-state index in [-0.39, 0.29) is 11.5 Å². The molecule has 7 unspecified atom stereocenters. The Balaban J connectivity index is 0.00000102. The molecule has 0 aliphatic heterocycles. The third kappa shape index (κ3) is 3.44. The van der Waals surface area contributed by atoms with Gasteiger partial charge in [0.25, 0.3) is 0 Å². The molecule has 0 amide bonds. The van der Waals surface area contributed by atoms with Crippen LogP contribution in [0.3, 0.4) is 0 Å². The van der Waals surface area contributed by atoms with Crippen molar-refractivity contribution in [2.45, 2.75) is 98.4 Å². The van der Waals surface area contributed by atoms with Crippen LogP contribution in [0.15, 0.2) is 12.2 Å². The Labute approximate surface area is 165 Å². The molecular weight excluding hydrogens is 336 g/mol. The van der Waals surface area contributed by atoms with Crippen LogP contribution in [0, 0.1) is 34.5 Å². The van der Waals surface area contributed by atoms with E-state index in [1.165, 1.54) is 12.8 Å². The van der Waals surface area contributed by atoms with Gasteiger partial charge in [0.1, 0.15) is 5.78 Å². The molecule has 0 radical (unpaired) electrons. The largest absolute Gasteiger partial charge is 0.366 e. The summed E-state index contributed by atoms with van der Waals surface area (Å²) in [5.41, 5.74) is 0.169. The van der Waals surface area contributed by atoms with Gasteiger partial charge in [-0.1, -0.05) is 39.8 Å². The zero-order valence-corrected chi connectivity index (χ0v) is 18.3. The smallest absolute Gasteiger partial charge is 0.160 e. The Morgan fingerprint density at radius 1 is 1.15 bits per heavy atom. The van der Waals surface area contributed by atoms with Crippen molar-refractivity contribution >= 4 is 5.78 Å². The number of hydrogen-bond acceptors (Lipinski definition) is 3. The number of fused-ring (bicyclic) bond motifs is 5. The minimum atomic E-state index is -1.11. The Kier molecular flexibility index (Phi) is 5.69. The fraction of sp³-hybridized carbons (Fsp3) is 0.875. The fourth-order valence-corrected chi connectivity index (χ4v) is 7.03. The van der Waals surface area contributed by atoms with Gasteiger partial charge in [0.05, 0.1) is 6.10 Å². The van der Waals surface area contributed by atoms with E-state index in [1.54, 1.807) is 13.8 Å². The topological polar surface area (TPSA) is 46.5 Å². The van der Waals surface area contributed by atoms with Crippen molar-refractivity contribution in [1.29, 1.82) is 0 Å². The Hall–Kier alpha value is -0.670. The molecule has 4 rings (SSSR count). The predicted octanol–water partition coefficient (Wildman–Crippen LogP) is 5.51. The Morgan fingerprint density at radius 3 is 2.52 bits per heavy atom. The lowest BCUT2D eigenvalue weighted by Crippen LogP contribution is -2.58. The molecule has 0 aromatic rings. The second-order valence-corrected chi connectivity index (χ2v) is 10.1. The standard InChI is InChI=1S/C22H34O3.C2H6/c1-20(2,24)25-17-13-14-7-5-6-11-21(14,3)16-10-12-22(4)15(19(16)17)8-9-18(22)23;1-2/h5,7,14-17,19,24H,6,8-13H2,1-4H3;1-2H3. The van der Waals surface area contributed by atoms with Crippen molar-refractivity contribution in [1.82, 2.24) is 0 Å². The Bertz CT molecular complexity index is 589. The summed E-state index contributed by atoms with van der Waals surface area (Å²) in [6.45, 7) is 12.2. The van der Waals surface area contributed by atoms with Crippen molar-refractivity contribution in [2.24, 2.45) is 34.5 Å². The maximum atomic E-state index is 12.7. The summed E-state index contributed by atoms with van der Waals surface area (Å²) < 4.78 is 6.24. The van der Waals surface area contributed by atoms with Crippen LogP contribution in [0.4, 0.5) is 0 Å². The maximum Gasteiger partial charge on any atom is 0.160 e. The number of rotatable bonds is 2. The van der Waals surface area contributed by atoms with E-state index < -0.39 is 5.79 Å². The summed E-state index contributed by atoms with van der Waals surface area (Å²) >= 11 is 0. The van der Waals surface area contributed by atoms with Crippen molar-refractivity contribution in [2.75, 3.05) is 0 Å². The monoisotopic (exact) mass is 376 g/mol. The van der Waals surface area contributed by atoms with Gasteiger partial charge in [-0.05, 0) is 81.5 Å². The molecule has 0 spiro atoms. The molecule has 7 atom stereocenters. The zero-order chi connectivity index (χ0) is 20.0. The van der Waals surface area contributed by atoms with Gasteiger partial charge in [-0.2, -0.15) is 0 Å². The maximum absolute atomic E-state index is 12.7. The summed E-state index contributed by atoms with van der Waals surface area (Å²) in [4.78, 5) is 12.7. The number of ether oxygens (including phenoxy) is 1. The van der Waals surface area contributed by atoms with Gasteiger partial charge < -0.3 is 9.84 Å². The second-order valence-electron chi connectivity index (χ2n) is 10.1. The number of carbonyl (C=O) groups excluding carboxylic acids is 1. The molecule has 4 aliphatic carbocycles. The molecule has 3 fully saturated rings. The van der Waals surface area contributed by atoms with Crippen LogP contribution in [-0.4, -0.2) is 22.8 Å². The molecule has 0 aromatic carbocycles. The lowest BCUT2D eigenvalue weighted by Gasteiger charge is -2.61. The van der Waals surface area contributed by atoms with Crippen molar-refractivity contribution in [3.8, 4) is 0 Å². The summed E-state index contributed by atoms with van der Waals surface area (Å²) in [6, 6.07) is 0. The first-order valence-corrected chi connectivity index (χ1v) is 11.3. The first-order valence-electron chi connectivity index (χ1n) is 11.3. The van der Waals surface area contributed by atoms with Gasteiger partial charge in [0.15, 0.2) is 5.79 Å². The first kappa shape index (κ1) is 21.0. The molecule has 0 bridgehead atoms. The number of allylic oxidation sites excluding steroid dienone is 2. The van der Waals surface area contributed by atoms with Crippen molar-refractivity contribution in [3.63, 3.8) is 0 Å². The molecule has 0 heterocycles. The highest BCUT2D eigenvalue weighted by atomic mass is 16.6. The minimum absolute atomic E-state index is 0.0568. The SMILES string of the molecule is CC.CC(C)(O)OC1CC2C=CCCC2(C)C2CCC3(C)C(=O)CCC3C12. The highest BCUT2D eigenvalue weighted by molar-refractivity contribution is 5.87. The van der Waals surface area contributed by atoms with Crippen LogP contribution >= 0.6 is 0 Å². The normalized spacial score (nSPS) is 46.0. The van der Waals surface area contributed by atoms with Crippen LogP contribution in [0.25, 0.3) is 0 Å². The molecule has 0 aromatic heterocycles. The van der Waals surface area contributed by atoms with Crippen LogP contribution in [-0.2, 0) is 9.53 Å². The third-order valence-electron chi connectivity index (χ3n) is 8.31. The molecule has 4 aliphatic rings. The predicted molar refractivity (Wildman–Crippen MR) is 109 cm³/mol. The van der Waals surface area contributed by atoms with Gasteiger partial charge in [0, 0.05) is 11.8 Å². The van der Waals surface area contributed by atoms with E-state index in [0.717, 1.165) is 32.1 Å². The van der Waals surface area contributed by atoms with Crippen LogP contribution in [0.1, 0.15) is 86.5 Å². The molecule has 0 saturated heterocycles. The molecular formula is C24H40O3. The molecule has 3 heteroatoms. The summed E-state index contributed by atoms with van der Waals surface area (Å²) in [7, 11) is 0. The van der Waals surface area contributed by atoms with Gasteiger partial charge in [-0.15, -0.1) is 0 Å². The average molecular weight is 377 g/mol. The highest BCUT2D eigenvalue weighted by Crippen LogP contribution is 2.65. The van der Waals surface area contributed by atoms with Crippen LogP contribution in [0.5, 0.6) is 0 Å². The fourth-order valence-electron chi connectivity index (χ4n) is 7.03. The number of aliphatic hydroxyl groups is 1. The number of ketones is 1. The number of carbonyl (C=O) groups is 1. The average Bonchev–Trinajstić information content (AvgIpc) is 2.91. The number of hydrogen-bond donors (Lipinski definition) is 1. The van der Waals surface area contributed by atoms with Crippen molar-refractivity contribution < 1.29 is 14.6 Å². The minimum Gasteiger partial charge on any atom is -0.366 e. The lowest BCUT2D eigenvalue weighted by molar-refractivity contribution is -0.256. The van der Waals surface area contributed by atoms with Gasteiger partial charge >= 0.3 is 0 Å². The third-order valence-corrected chi connectivity index (χ3v) is 8.31. The van der Waals surface area contributed by atoms with E-state index in [4.69, 9.17) is 4.74 Å². The molecule has 3 nitrogen and oxygen atoms in total. The molecule has 27 heavy (non-hydrogen) atoms. The number of Topliss-reactive ketones (excluding diaryl/α,β-unsaturated/α-hetero) is 1. The Morgan fingerprint density at radius 2 is 1.85 bits per heavy atom. The van der Waals surface area contributed by atoms with Crippen LogP contribution in [0.2, 0.25) is 0 Å². The second kappa shape index (κ2) is 7.30. The van der Waals surface area contributed by atoms with E-state index in [2.05, 4.69) is 26.0 Å². The van der Waals surface area contributed by atoms with Crippen molar-refractivity contribution in [3.05, 3.63) is 12.2 Å². The van der Waals surface area contributed by atoms with E-state index in [9.17, 15) is 9.90 Å². The first-order chi connectivity index (χ1) is 12.7. The molecule has 1 N–H and O–H groups in total. The van der Waals surface area contributed by atoms with Gasteiger partial charge in [0.2, 0.25) is 0 Å². The summed E-state index contributed by atoms with van der Waals surface area (Å²) in [6.07, 6.45) is 12.1. The summed E-state index contributed by atoms with van der Waals surface area (Å²) in [5.74, 6) is 1.33. The van der Waals surface area contributed by atoms with E-state index in [0.29, 0.717) is 34.9 Å². The zero-order valence-electron chi connectivity index (χ0n) is 18.3. The van der Waals surface area contributed by atoms with E-state index in [1.807, 2.05) is 13.8 Å². The molecule has 154 valence electrons.